The Balaban J connectivity index is 1.40. The summed E-state index contributed by atoms with van der Waals surface area (Å²) in [4.78, 5) is 10.6. The summed E-state index contributed by atoms with van der Waals surface area (Å²) in [6.45, 7) is 7.24. The van der Waals surface area contributed by atoms with Gasteiger partial charge in [0.2, 0.25) is 5.95 Å². The lowest BCUT2D eigenvalue weighted by Gasteiger charge is -2.26. The van der Waals surface area contributed by atoms with Crippen LogP contribution in [0.3, 0.4) is 0 Å². The Morgan fingerprint density at radius 1 is 1.18 bits per heavy atom. The van der Waals surface area contributed by atoms with E-state index in [4.69, 9.17) is 16.3 Å². The number of phenols is 1. The van der Waals surface area contributed by atoms with E-state index in [0.29, 0.717) is 17.9 Å². The Labute approximate surface area is 196 Å². The van der Waals surface area contributed by atoms with E-state index in [1.807, 2.05) is 24.3 Å². The molecule has 4 rings (SSSR count). The number of anilines is 4. The van der Waals surface area contributed by atoms with E-state index in [1.165, 1.54) is 6.07 Å². The van der Waals surface area contributed by atoms with Crippen molar-refractivity contribution in [3.05, 3.63) is 59.0 Å². The van der Waals surface area contributed by atoms with Gasteiger partial charge < -0.3 is 25.8 Å². The van der Waals surface area contributed by atoms with Gasteiger partial charge in [0.25, 0.3) is 0 Å². The zero-order valence-corrected chi connectivity index (χ0v) is 19.0. The van der Waals surface area contributed by atoms with Crippen LogP contribution < -0.4 is 20.7 Å². The quantitative estimate of drug-likeness (QED) is 0.365. The molecule has 0 amide bonds. The molecule has 1 aliphatic heterocycles. The van der Waals surface area contributed by atoms with E-state index in [2.05, 4.69) is 30.8 Å². The number of hydrogen-bond acceptors (Lipinski definition) is 8. The Kier molecular flexibility index (Phi) is 7.43. The molecule has 0 atom stereocenters. The van der Waals surface area contributed by atoms with Crippen molar-refractivity contribution in [2.75, 3.05) is 50.0 Å². The minimum absolute atomic E-state index is 0.0113. The molecule has 2 aromatic carbocycles. The van der Waals surface area contributed by atoms with Crippen LogP contribution in [0.25, 0.3) is 0 Å². The zero-order chi connectivity index (χ0) is 23.2. The molecule has 3 aromatic rings. The second-order valence-electron chi connectivity index (χ2n) is 7.73. The fourth-order valence-corrected chi connectivity index (χ4v) is 3.75. The number of ether oxygens (including phenoxy) is 1. The first kappa shape index (κ1) is 23.0. The Morgan fingerprint density at radius 3 is 2.79 bits per heavy atom. The van der Waals surface area contributed by atoms with Crippen LogP contribution in [0.5, 0.6) is 11.5 Å². The number of nitrogens with zero attached hydrogens (tertiary/aromatic N) is 3. The molecule has 1 fully saturated rings. The van der Waals surface area contributed by atoms with Crippen molar-refractivity contribution in [3.63, 3.8) is 0 Å². The highest BCUT2D eigenvalue weighted by Crippen LogP contribution is 2.32. The molecule has 0 radical (unpaired) electrons. The maximum atomic E-state index is 14.3. The van der Waals surface area contributed by atoms with E-state index in [-0.39, 0.29) is 22.5 Å². The summed E-state index contributed by atoms with van der Waals surface area (Å²) in [5.41, 5.74) is 1.78. The van der Waals surface area contributed by atoms with Crippen LogP contribution in [0.15, 0.2) is 42.6 Å². The minimum Gasteiger partial charge on any atom is -0.506 e. The Morgan fingerprint density at radius 2 is 2.00 bits per heavy atom. The van der Waals surface area contributed by atoms with Crippen molar-refractivity contribution >= 4 is 34.7 Å². The van der Waals surface area contributed by atoms with Crippen LogP contribution in [-0.4, -0.2) is 59.3 Å². The molecule has 0 unspecified atom stereocenters. The van der Waals surface area contributed by atoms with Crippen molar-refractivity contribution in [2.24, 2.45) is 0 Å². The van der Waals surface area contributed by atoms with Gasteiger partial charge in [-0.25, -0.2) is 9.37 Å². The molecule has 8 nitrogen and oxygen atoms in total. The van der Waals surface area contributed by atoms with Crippen LogP contribution in [0.2, 0.25) is 5.02 Å². The summed E-state index contributed by atoms with van der Waals surface area (Å²) in [6, 6.07) is 10.6. The van der Waals surface area contributed by atoms with E-state index in [1.54, 1.807) is 13.0 Å². The van der Waals surface area contributed by atoms with Gasteiger partial charge in [-0.15, -0.1) is 0 Å². The topological polar surface area (TPSA) is 94.6 Å². The fraction of sp³-hybridized carbons (Fsp3) is 0.304. The van der Waals surface area contributed by atoms with Crippen LogP contribution >= 0.6 is 11.6 Å². The number of rotatable bonds is 8. The Hall–Kier alpha value is -3.14. The van der Waals surface area contributed by atoms with E-state index < -0.39 is 5.82 Å². The molecule has 1 aromatic heterocycles. The third-order valence-corrected chi connectivity index (χ3v) is 5.52. The van der Waals surface area contributed by atoms with Crippen molar-refractivity contribution in [2.45, 2.75) is 6.92 Å². The summed E-state index contributed by atoms with van der Waals surface area (Å²) in [6.07, 6.45) is 1.08. The first-order valence-corrected chi connectivity index (χ1v) is 11.1. The lowest BCUT2D eigenvalue weighted by Crippen LogP contribution is -2.44. The van der Waals surface area contributed by atoms with Crippen molar-refractivity contribution < 1.29 is 14.2 Å². The molecule has 0 spiro atoms. The van der Waals surface area contributed by atoms with E-state index >= 15 is 0 Å². The van der Waals surface area contributed by atoms with Gasteiger partial charge in [-0.05, 0) is 36.8 Å². The summed E-state index contributed by atoms with van der Waals surface area (Å²) < 4.78 is 20.2. The second-order valence-corrected chi connectivity index (χ2v) is 8.14. The monoisotopic (exact) mass is 472 g/mol. The first-order chi connectivity index (χ1) is 16.0. The van der Waals surface area contributed by atoms with Gasteiger partial charge in [-0.1, -0.05) is 17.7 Å². The predicted octanol–water partition coefficient (Wildman–Crippen LogP) is 4.05. The summed E-state index contributed by atoms with van der Waals surface area (Å²) in [7, 11) is 0. The zero-order valence-electron chi connectivity index (χ0n) is 18.2. The minimum atomic E-state index is -0.618. The average Bonchev–Trinajstić information content (AvgIpc) is 2.81. The number of halogens is 2. The lowest BCUT2D eigenvalue weighted by molar-refractivity contribution is 0.191. The van der Waals surface area contributed by atoms with Crippen LogP contribution in [0.4, 0.5) is 27.5 Å². The highest BCUT2D eigenvalue weighted by molar-refractivity contribution is 6.32. The molecule has 4 N–H and O–H groups in total. The summed E-state index contributed by atoms with van der Waals surface area (Å²) >= 11 is 6.01. The number of aryl methyl sites for hydroxylation is 1. The molecular weight excluding hydrogens is 447 g/mol. The van der Waals surface area contributed by atoms with Gasteiger partial charge >= 0.3 is 0 Å². The molecular formula is C23H26ClFN6O2. The van der Waals surface area contributed by atoms with Gasteiger partial charge in [0, 0.05) is 50.2 Å². The van der Waals surface area contributed by atoms with Crippen molar-refractivity contribution in [3.8, 4) is 11.5 Å². The largest absolute Gasteiger partial charge is 0.506 e. The number of aromatic nitrogens is 2. The maximum Gasteiger partial charge on any atom is 0.229 e. The number of aromatic hydroxyl groups is 1. The van der Waals surface area contributed by atoms with Gasteiger partial charge in [0.1, 0.15) is 18.1 Å². The first-order valence-electron chi connectivity index (χ1n) is 10.7. The third kappa shape index (κ3) is 6.22. The van der Waals surface area contributed by atoms with Gasteiger partial charge in [0.15, 0.2) is 11.6 Å². The smallest absolute Gasteiger partial charge is 0.229 e. The average molecular weight is 473 g/mol. The van der Waals surface area contributed by atoms with Crippen LogP contribution in [-0.2, 0) is 0 Å². The van der Waals surface area contributed by atoms with E-state index in [9.17, 15) is 9.50 Å². The number of piperazine rings is 1. The van der Waals surface area contributed by atoms with Crippen molar-refractivity contribution in [1.82, 2.24) is 20.2 Å². The molecule has 0 saturated carbocycles. The second kappa shape index (κ2) is 10.7. The van der Waals surface area contributed by atoms with E-state index in [0.717, 1.165) is 50.4 Å². The number of phenolic OH excluding ortho intramolecular Hbond substituents is 1. The van der Waals surface area contributed by atoms with Gasteiger partial charge in [-0.2, -0.15) is 4.98 Å². The SMILES string of the molecule is Cc1cc(Nc2nc(Nc3cccc(OCCN4CCNCC4)c3)ncc2F)cc(Cl)c1O. The summed E-state index contributed by atoms with van der Waals surface area (Å²) in [5, 5.41) is 19.3. The van der Waals surface area contributed by atoms with Crippen molar-refractivity contribution in [1.29, 1.82) is 0 Å². The molecule has 174 valence electrons. The highest BCUT2D eigenvalue weighted by Gasteiger charge is 2.12. The number of hydrogen-bond donors (Lipinski definition) is 4. The molecule has 33 heavy (non-hydrogen) atoms. The van der Waals surface area contributed by atoms with Crippen LogP contribution in [0, 0.1) is 12.7 Å². The lowest BCUT2D eigenvalue weighted by atomic mass is 10.2. The number of benzene rings is 2. The molecule has 2 heterocycles. The maximum absolute atomic E-state index is 14.3. The fourth-order valence-electron chi connectivity index (χ4n) is 3.48. The normalized spacial score (nSPS) is 14.2. The molecule has 10 heteroatoms. The Bertz CT molecular complexity index is 1090. The molecule has 0 bridgehead atoms. The third-order valence-electron chi connectivity index (χ3n) is 5.24. The standard InChI is InChI=1S/C23H26ClFN6O2/c1-15-11-17(13-19(24)21(15)32)28-22-20(25)14-27-23(30-22)29-16-3-2-4-18(12-16)33-10-9-31-7-5-26-6-8-31/h2-4,11-14,26,32H,5-10H2,1H3,(H2,27,28,29,30). The van der Waals surface area contributed by atoms with Crippen LogP contribution in [0.1, 0.15) is 5.56 Å². The van der Waals surface area contributed by atoms with Gasteiger partial charge in [-0.3, -0.25) is 4.90 Å². The summed E-state index contributed by atoms with van der Waals surface area (Å²) in [5.74, 6) is 0.301. The molecule has 1 saturated heterocycles. The highest BCUT2D eigenvalue weighted by atomic mass is 35.5. The number of nitrogens with one attached hydrogen (secondary N) is 3. The van der Waals surface area contributed by atoms with Gasteiger partial charge in [0.05, 0.1) is 11.2 Å². The predicted molar refractivity (Wildman–Crippen MR) is 128 cm³/mol. The molecule has 0 aliphatic carbocycles. The molecule has 1 aliphatic rings.